The van der Waals surface area contributed by atoms with E-state index in [0.717, 1.165) is 10.5 Å². The van der Waals surface area contributed by atoms with Gasteiger partial charge < -0.3 is 9.88 Å². The molecule has 5 nitrogen and oxygen atoms in total. The molecular weight excluding hydrogens is 394 g/mol. The minimum Gasteiger partial charge on any atom is -0.345 e. The van der Waals surface area contributed by atoms with Crippen LogP contribution in [0.3, 0.4) is 0 Å². The van der Waals surface area contributed by atoms with Crippen LogP contribution in [-0.2, 0) is 4.79 Å². The van der Waals surface area contributed by atoms with E-state index < -0.39 is 23.6 Å². The van der Waals surface area contributed by atoms with Crippen LogP contribution in [-0.4, -0.2) is 20.9 Å². The Labute approximate surface area is 169 Å². The van der Waals surface area contributed by atoms with Crippen molar-refractivity contribution >= 4 is 34.0 Å². The van der Waals surface area contributed by atoms with Crippen molar-refractivity contribution in [1.82, 2.24) is 15.0 Å². The van der Waals surface area contributed by atoms with E-state index in [9.17, 15) is 4.79 Å². The number of nitrogens with zero attached hydrogens (tertiary/aromatic N) is 3. The number of aromatic amines is 1. The lowest BCUT2D eigenvalue weighted by atomic mass is 9.82. The SMILES string of the molecule is Cc1nc(-c2cc(F)c(C3[C@@H](C)C(=O)N3c3ccc4[nH]cnc4c3)c(F)c2)cs1. The van der Waals surface area contributed by atoms with E-state index in [1.807, 2.05) is 6.92 Å². The molecule has 1 unspecified atom stereocenters. The van der Waals surface area contributed by atoms with E-state index in [1.54, 1.807) is 36.8 Å². The molecule has 8 heteroatoms. The minimum atomic E-state index is -0.717. The van der Waals surface area contributed by atoms with Crippen LogP contribution < -0.4 is 4.90 Å². The number of carbonyl (C=O) groups is 1. The van der Waals surface area contributed by atoms with E-state index in [4.69, 9.17) is 0 Å². The van der Waals surface area contributed by atoms with Crippen molar-refractivity contribution in [3.63, 3.8) is 0 Å². The Balaban J connectivity index is 1.57. The zero-order valence-electron chi connectivity index (χ0n) is 15.6. The number of nitrogens with one attached hydrogen (secondary N) is 1. The van der Waals surface area contributed by atoms with Crippen LogP contribution in [0, 0.1) is 24.5 Å². The number of imidazole rings is 1. The zero-order chi connectivity index (χ0) is 20.3. The maximum atomic E-state index is 15.0. The molecular formula is C21H16F2N4OS. The minimum absolute atomic E-state index is 0.102. The second-order valence-electron chi connectivity index (χ2n) is 7.15. The Hall–Kier alpha value is -3.13. The number of H-pyrrole nitrogens is 1. The quantitative estimate of drug-likeness (QED) is 0.484. The number of benzene rings is 2. The van der Waals surface area contributed by atoms with E-state index in [2.05, 4.69) is 15.0 Å². The van der Waals surface area contributed by atoms with Crippen molar-refractivity contribution in [3.05, 3.63) is 64.2 Å². The fraction of sp³-hybridized carbons (Fsp3) is 0.190. The first-order valence-corrected chi connectivity index (χ1v) is 9.99. The average Bonchev–Trinajstić information content (AvgIpc) is 3.34. The normalized spacial score (nSPS) is 19.0. The Bertz CT molecular complexity index is 1240. The van der Waals surface area contributed by atoms with E-state index in [0.29, 0.717) is 22.5 Å². The Morgan fingerprint density at radius 2 is 1.93 bits per heavy atom. The summed E-state index contributed by atoms with van der Waals surface area (Å²) in [6, 6.07) is 7.15. The Kier molecular flexibility index (Phi) is 3.99. The van der Waals surface area contributed by atoms with Crippen LogP contribution in [0.2, 0.25) is 0 Å². The summed E-state index contributed by atoms with van der Waals surface area (Å²) in [6.45, 7) is 3.53. The average molecular weight is 410 g/mol. The lowest BCUT2D eigenvalue weighted by Crippen LogP contribution is -2.54. The van der Waals surface area contributed by atoms with Gasteiger partial charge >= 0.3 is 0 Å². The highest BCUT2D eigenvalue weighted by Crippen LogP contribution is 2.45. The van der Waals surface area contributed by atoms with Gasteiger partial charge in [-0.2, -0.15) is 0 Å². The standard InChI is InChI=1S/C21H16F2N4OS/c1-10-20(27(21(10)28)13-3-4-16-17(7-13)25-9-24-16)19-14(22)5-12(6-15(19)23)18-8-29-11(2)26-18/h3-10,20H,1-2H3,(H,24,25)/t10-,20?/m1/s1. The first-order chi connectivity index (χ1) is 13.9. The van der Waals surface area contributed by atoms with Gasteiger partial charge in [0.15, 0.2) is 0 Å². The number of β-lactam (4-membered cyclic amide) rings is 1. The third-order valence-electron chi connectivity index (χ3n) is 5.35. The molecule has 0 spiro atoms. The topological polar surface area (TPSA) is 61.9 Å². The van der Waals surface area contributed by atoms with Gasteiger partial charge in [0.05, 0.1) is 40.0 Å². The fourth-order valence-corrected chi connectivity index (χ4v) is 4.50. The molecule has 0 bridgehead atoms. The highest BCUT2D eigenvalue weighted by Gasteiger charge is 2.48. The van der Waals surface area contributed by atoms with Gasteiger partial charge in [0.1, 0.15) is 11.6 Å². The molecule has 3 heterocycles. The zero-order valence-corrected chi connectivity index (χ0v) is 16.4. The van der Waals surface area contributed by atoms with E-state index in [1.165, 1.54) is 28.4 Å². The van der Waals surface area contributed by atoms with Gasteiger partial charge in [0, 0.05) is 22.2 Å². The van der Waals surface area contributed by atoms with E-state index >= 15 is 8.78 Å². The largest absolute Gasteiger partial charge is 0.345 e. The summed E-state index contributed by atoms with van der Waals surface area (Å²) < 4.78 is 30.1. The molecule has 146 valence electrons. The number of anilines is 1. The van der Waals surface area contributed by atoms with Gasteiger partial charge in [0.2, 0.25) is 5.91 Å². The van der Waals surface area contributed by atoms with Crippen LogP contribution in [0.1, 0.15) is 23.5 Å². The summed E-state index contributed by atoms with van der Waals surface area (Å²) >= 11 is 1.42. The van der Waals surface area contributed by atoms with Crippen LogP contribution in [0.4, 0.5) is 14.5 Å². The van der Waals surface area contributed by atoms with Crippen molar-refractivity contribution in [2.45, 2.75) is 19.9 Å². The number of thiazole rings is 1. The van der Waals surface area contributed by atoms with Crippen LogP contribution in [0.25, 0.3) is 22.3 Å². The first kappa shape index (κ1) is 17.9. The molecule has 1 aliphatic heterocycles. The molecule has 4 aromatic rings. The smallest absolute Gasteiger partial charge is 0.232 e. The van der Waals surface area contributed by atoms with Gasteiger partial charge in [-0.15, -0.1) is 11.3 Å². The van der Waals surface area contributed by atoms with Gasteiger partial charge in [-0.05, 0) is 37.3 Å². The molecule has 1 saturated heterocycles. The molecule has 0 saturated carbocycles. The van der Waals surface area contributed by atoms with Crippen molar-refractivity contribution in [2.24, 2.45) is 5.92 Å². The number of hydrogen-bond acceptors (Lipinski definition) is 4. The second-order valence-corrected chi connectivity index (χ2v) is 8.21. The van der Waals surface area contributed by atoms with E-state index in [-0.39, 0.29) is 11.5 Å². The van der Waals surface area contributed by atoms with Crippen LogP contribution >= 0.6 is 11.3 Å². The summed E-state index contributed by atoms with van der Waals surface area (Å²) in [5, 5.41) is 2.59. The number of halogens is 2. The number of fused-ring (bicyclic) bond motifs is 1. The van der Waals surface area contributed by atoms with Crippen molar-refractivity contribution in [1.29, 1.82) is 0 Å². The molecule has 2 aromatic carbocycles. The van der Waals surface area contributed by atoms with Gasteiger partial charge in [0.25, 0.3) is 0 Å². The molecule has 2 aromatic heterocycles. The van der Waals surface area contributed by atoms with Gasteiger partial charge in [-0.25, -0.2) is 18.7 Å². The third kappa shape index (κ3) is 2.74. The van der Waals surface area contributed by atoms with Crippen molar-refractivity contribution in [3.8, 4) is 11.3 Å². The molecule has 0 radical (unpaired) electrons. The van der Waals surface area contributed by atoms with Gasteiger partial charge in [-0.1, -0.05) is 6.92 Å². The maximum Gasteiger partial charge on any atom is 0.232 e. The highest BCUT2D eigenvalue weighted by atomic mass is 32.1. The Morgan fingerprint density at radius 3 is 2.62 bits per heavy atom. The Morgan fingerprint density at radius 1 is 1.17 bits per heavy atom. The van der Waals surface area contributed by atoms with Gasteiger partial charge in [-0.3, -0.25) is 4.79 Å². The molecule has 1 N–H and O–H groups in total. The first-order valence-electron chi connectivity index (χ1n) is 9.11. The number of rotatable bonds is 3. The molecule has 1 aliphatic rings. The summed E-state index contributed by atoms with van der Waals surface area (Å²) in [7, 11) is 0. The lowest BCUT2D eigenvalue weighted by Gasteiger charge is -2.46. The van der Waals surface area contributed by atoms with Crippen LogP contribution in [0.15, 0.2) is 42.0 Å². The number of hydrogen-bond donors (Lipinski definition) is 1. The molecule has 29 heavy (non-hydrogen) atoms. The molecule has 5 rings (SSSR count). The summed E-state index contributed by atoms with van der Waals surface area (Å²) in [6.07, 6.45) is 1.56. The molecule has 1 fully saturated rings. The maximum absolute atomic E-state index is 15.0. The monoisotopic (exact) mass is 410 g/mol. The number of amides is 1. The second kappa shape index (κ2) is 6.45. The third-order valence-corrected chi connectivity index (χ3v) is 6.13. The van der Waals surface area contributed by atoms with Crippen molar-refractivity contribution in [2.75, 3.05) is 4.90 Å². The summed E-state index contributed by atoms with van der Waals surface area (Å²) in [5.74, 6) is -2.06. The number of carbonyl (C=O) groups excluding carboxylic acids is 1. The highest BCUT2D eigenvalue weighted by molar-refractivity contribution is 7.09. The lowest BCUT2D eigenvalue weighted by molar-refractivity contribution is -0.129. The fourth-order valence-electron chi connectivity index (χ4n) is 3.88. The molecule has 0 aliphatic carbocycles. The predicted octanol–water partition coefficient (Wildman–Crippen LogP) is 5.00. The number of aryl methyl sites for hydroxylation is 1. The summed E-state index contributed by atoms with van der Waals surface area (Å²) in [4.78, 5) is 25.5. The van der Waals surface area contributed by atoms with Crippen LogP contribution in [0.5, 0.6) is 0 Å². The predicted molar refractivity (Wildman–Crippen MR) is 108 cm³/mol. The molecule has 1 amide bonds. The number of aromatic nitrogens is 3. The summed E-state index contributed by atoms with van der Waals surface area (Å²) in [5.41, 5.74) is 2.90. The van der Waals surface area contributed by atoms with Crippen molar-refractivity contribution < 1.29 is 13.6 Å². The molecule has 2 atom stereocenters.